The first-order chi connectivity index (χ1) is 8.24. The van der Waals surface area contributed by atoms with Gasteiger partial charge in [-0.1, -0.05) is 11.8 Å². The number of nitrogens with one attached hydrogen (secondary N) is 2. The zero-order valence-corrected chi connectivity index (χ0v) is 9.74. The smallest absolute Gasteiger partial charge is 0.316 e. The van der Waals surface area contributed by atoms with Crippen LogP contribution in [0.4, 0.5) is 5.95 Å². The summed E-state index contributed by atoms with van der Waals surface area (Å²) in [6, 6.07) is 0. The molecule has 0 atom stereocenters. The number of carbonyl (C=O) groups is 1. The quantitative estimate of drug-likeness (QED) is 0.227. The minimum absolute atomic E-state index is 0.164. The second kappa shape index (κ2) is 4.97. The summed E-state index contributed by atoms with van der Waals surface area (Å²) in [6.07, 6.45) is 1.59. The number of H-pyrrole nitrogens is 1. The molecule has 0 saturated carbocycles. The van der Waals surface area contributed by atoms with Crippen LogP contribution in [0.15, 0.2) is 11.2 Å². The number of esters is 1. The number of nitrogens with two attached hydrogens (primary N) is 1. The number of aromatic amines is 1. The first-order valence-corrected chi connectivity index (χ1v) is 5.60. The number of anilines is 1. The topological polar surface area (TPSA) is 119 Å². The van der Waals surface area contributed by atoms with Crippen molar-refractivity contribution in [1.29, 1.82) is 0 Å². The standard InChI is InChI=1S/C8H10N6O2S/c1-16-5(15)3-17-7-4-2-10-14-6(4)11-8(12-7)13-9/h2H,3,9H2,1H3,(H2,10,11,12,13,14). The summed E-state index contributed by atoms with van der Waals surface area (Å²) in [7, 11) is 1.34. The number of hydrazine groups is 1. The van der Waals surface area contributed by atoms with E-state index in [0.717, 1.165) is 5.39 Å². The SMILES string of the molecule is COC(=O)CSc1nc(NN)nc2[nH]ncc12. The van der Waals surface area contributed by atoms with Gasteiger partial charge in [0.05, 0.1) is 24.4 Å². The van der Waals surface area contributed by atoms with Crippen molar-refractivity contribution in [2.75, 3.05) is 18.3 Å². The molecule has 2 heterocycles. The summed E-state index contributed by atoms with van der Waals surface area (Å²) < 4.78 is 4.56. The summed E-state index contributed by atoms with van der Waals surface area (Å²) in [5, 5.41) is 7.92. The lowest BCUT2D eigenvalue weighted by molar-refractivity contribution is -0.137. The molecule has 0 amide bonds. The Morgan fingerprint density at radius 3 is 3.18 bits per heavy atom. The largest absolute Gasteiger partial charge is 0.468 e. The van der Waals surface area contributed by atoms with Crippen LogP contribution in [-0.4, -0.2) is 39.0 Å². The number of nitrogen functional groups attached to an aromatic ring is 1. The molecule has 2 rings (SSSR count). The average Bonchev–Trinajstić information content (AvgIpc) is 2.83. The monoisotopic (exact) mass is 254 g/mol. The number of ether oxygens (including phenoxy) is 1. The third-order valence-corrected chi connectivity index (χ3v) is 2.92. The Morgan fingerprint density at radius 1 is 1.65 bits per heavy atom. The van der Waals surface area contributed by atoms with Gasteiger partial charge >= 0.3 is 5.97 Å². The van der Waals surface area contributed by atoms with Crippen molar-refractivity contribution in [2.45, 2.75) is 5.03 Å². The molecular weight excluding hydrogens is 244 g/mol. The zero-order chi connectivity index (χ0) is 12.3. The second-order valence-electron chi connectivity index (χ2n) is 2.99. The van der Waals surface area contributed by atoms with Crippen LogP contribution in [0.3, 0.4) is 0 Å². The summed E-state index contributed by atoms with van der Waals surface area (Å²) in [5.74, 6) is 5.35. The van der Waals surface area contributed by atoms with E-state index in [9.17, 15) is 4.79 Å². The Balaban J connectivity index is 2.30. The predicted octanol–water partition coefficient (Wildman–Crippen LogP) is -0.0964. The molecule has 0 spiro atoms. The lowest BCUT2D eigenvalue weighted by atomic mass is 10.4. The van der Waals surface area contributed by atoms with Gasteiger partial charge in [0.25, 0.3) is 0 Å². The molecule has 2 aromatic rings. The molecule has 2 aromatic heterocycles. The fourth-order valence-electron chi connectivity index (χ4n) is 1.17. The van der Waals surface area contributed by atoms with Crippen molar-refractivity contribution < 1.29 is 9.53 Å². The van der Waals surface area contributed by atoms with Crippen molar-refractivity contribution in [3.05, 3.63) is 6.20 Å². The predicted molar refractivity (Wildman–Crippen MR) is 62.2 cm³/mol. The molecule has 0 fully saturated rings. The Hall–Kier alpha value is -1.87. The van der Waals surface area contributed by atoms with Gasteiger partial charge in [-0.25, -0.2) is 10.8 Å². The van der Waals surface area contributed by atoms with Gasteiger partial charge in [-0.3, -0.25) is 15.3 Å². The van der Waals surface area contributed by atoms with Crippen LogP contribution in [-0.2, 0) is 9.53 Å². The normalized spacial score (nSPS) is 10.5. The second-order valence-corrected chi connectivity index (χ2v) is 3.96. The van der Waals surface area contributed by atoms with Gasteiger partial charge in [-0.05, 0) is 0 Å². The van der Waals surface area contributed by atoms with E-state index in [2.05, 4.69) is 30.3 Å². The molecule has 8 nitrogen and oxygen atoms in total. The van der Waals surface area contributed by atoms with E-state index in [-0.39, 0.29) is 17.7 Å². The highest BCUT2D eigenvalue weighted by Crippen LogP contribution is 2.24. The lowest BCUT2D eigenvalue weighted by Crippen LogP contribution is -2.11. The molecule has 0 aliphatic heterocycles. The van der Waals surface area contributed by atoms with Crippen LogP contribution in [0.1, 0.15) is 0 Å². The molecule has 0 bridgehead atoms. The Bertz CT molecular complexity index is 542. The molecule has 9 heteroatoms. The molecule has 4 N–H and O–H groups in total. The van der Waals surface area contributed by atoms with Gasteiger partial charge in [0.15, 0.2) is 5.65 Å². The third-order valence-electron chi connectivity index (χ3n) is 1.96. The number of hydrogen-bond donors (Lipinski definition) is 3. The van der Waals surface area contributed by atoms with Gasteiger partial charge in [-0.15, -0.1) is 0 Å². The highest BCUT2D eigenvalue weighted by atomic mass is 32.2. The van der Waals surface area contributed by atoms with Crippen molar-refractivity contribution in [1.82, 2.24) is 20.2 Å². The highest BCUT2D eigenvalue weighted by Gasteiger charge is 2.11. The fourth-order valence-corrected chi connectivity index (χ4v) is 2.00. The van der Waals surface area contributed by atoms with E-state index in [4.69, 9.17) is 5.84 Å². The number of methoxy groups -OCH3 is 1. The number of fused-ring (bicyclic) bond motifs is 1. The molecule has 90 valence electrons. The average molecular weight is 254 g/mol. The van der Waals surface area contributed by atoms with E-state index in [0.29, 0.717) is 10.7 Å². The maximum absolute atomic E-state index is 11.1. The van der Waals surface area contributed by atoms with Crippen LogP contribution >= 0.6 is 11.8 Å². The summed E-state index contributed by atoms with van der Waals surface area (Å²) >= 11 is 1.24. The minimum Gasteiger partial charge on any atom is -0.468 e. The van der Waals surface area contributed by atoms with E-state index in [1.54, 1.807) is 6.20 Å². The molecule has 0 radical (unpaired) electrons. The maximum Gasteiger partial charge on any atom is 0.316 e. The van der Waals surface area contributed by atoms with Crippen LogP contribution in [0, 0.1) is 0 Å². The number of carbonyl (C=O) groups excluding carboxylic acids is 1. The van der Waals surface area contributed by atoms with Crippen molar-refractivity contribution in [3.63, 3.8) is 0 Å². The van der Waals surface area contributed by atoms with E-state index in [1.807, 2.05) is 0 Å². The molecular formula is C8H10N6O2S. The molecule has 17 heavy (non-hydrogen) atoms. The maximum atomic E-state index is 11.1. The summed E-state index contributed by atoms with van der Waals surface area (Å²) in [5.41, 5.74) is 2.91. The molecule has 0 aromatic carbocycles. The fraction of sp³-hybridized carbons (Fsp3) is 0.250. The number of rotatable bonds is 4. The lowest BCUT2D eigenvalue weighted by Gasteiger charge is -2.03. The number of nitrogens with zero attached hydrogens (tertiary/aromatic N) is 3. The number of hydrogen-bond acceptors (Lipinski definition) is 8. The molecule has 0 aliphatic carbocycles. The third kappa shape index (κ3) is 2.45. The van der Waals surface area contributed by atoms with Gasteiger partial charge in [-0.2, -0.15) is 10.1 Å². The van der Waals surface area contributed by atoms with Gasteiger partial charge in [0.1, 0.15) is 5.03 Å². The zero-order valence-electron chi connectivity index (χ0n) is 8.93. The first kappa shape index (κ1) is 11.6. The molecule has 0 saturated heterocycles. The van der Waals surface area contributed by atoms with Crippen LogP contribution in [0.2, 0.25) is 0 Å². The van der Waals surface area contributed by atoms with Crippen LogP contribution in [0.25, 0.3) is 11.0 Å². The molecule has 0 unspecified atom stereocenters. The summed E-state index contributed by atoms with van der Waals surface area (Å²) in [6.45, 7) is 0. The Labute approximate surface area is 100 Å². The van der Waals surface area contributed by atoms with Crippen LogP contribution in [0.5, 0.6) is 0 Å². The van der Waals surface area contributed by atoms with E-state index >= 15 is 0 Å². The molecule has 0 aliphatic rings. The first-order valence-electron chi connectivity index (χ1n) is 4.62. The van der Waals surface area contributed by atoms with Gasteiger partial charge < -0.3 is 4.74 Å². The van der Waals surface area contributed by atoms with Crippen molar-refractivity contribution in [2.24, 2.45) is 5.84 Å². The number of thioether (sulfide) groups is 1. The minimum atomic E-state index is -0.326. The summed E-state index contributed by atoms with van der Waals surface area (Å²) in [4.78, 5) is 19.3. The van der Waals surface area contributed by atoms with Gasteiger partial charge in [0.2, 0.25) is 5.95 Å². The van der Waals surface area contributed by atoms with E-state index in [1.165, 1.54) is 18.9 Å². The Kier molecular flexibility index (Phi) is 3.40. The number of aromatic nitrogens is 4. The van der Waals surface area contributed by atoms with Gasteiger partial charge in [0, 0.05) is 0 Å². The van der Waals surface area contributed by atoms with E-state index < -0.39 is 0 Å². The highest BCUT2D eigenvalue weighted by molar-refractivity contribution is 8.00. The van der Waals surface area contributed by atoms with Crippen LogP contribution < -0.4 is 11.3 Å². The van der Waals surface area contributed by atoms with Crippen molar-refractivity contribution >= 4 is 34.7 Å². The Morgan fingerprint density at radius 2 is 2.47 bits per heavy atom. The van der Waals surface area contributed by atoms with Crippen molar-refractivity contribution in [3.8, 4) is 0 Å².